The topological polar surface area (TPSA) is 68.2 Å². The van der Waals surface area contributed by atoms with Crippen LogP contribution in [0.1, 0.15) is 11.1 Å². The van der Waals surface area contributed by atoms with Crippen molar-refractivity contribution in [1.29, 1.82) is 0 Å². The zero-order chi connectivity index (χ0) is 26.2. The van der Waals surface area contributed by atoms with Gasteiger partial charge in [-0.1, -0.05) is 54.1 Å². The first-order valence-electron chi connectivity index (χ1n) is 11.4. The van der Waals surface area contributed by atoms with Crippen LogP contribution in [0.15, 0.2) is 107 Å². The molecule has 188 valence electrons. The van der Waals surface area contributed by atoms with Gasteiger partial charge in [-0.2, -0.15) is 0 Å². The lowest BCUT2D eigenvalue weighted by Crippen LogP contribution is -2.23. The molecule has 37 heavy (non-hydrogen) atoms. The molecule has 5 nitrogen and oxygen atoms in total. The van der Waals surface area contributed by atoms with Crippen molar-refractivity contribution in [3.63, 3.8) is 0 Å². The summed E-state index contributed by atoms with van der Waals surface area (Å²) in [6, 6.07) is 25.1. The Morgan fingerprint density at radius 1 is 0.838 bits per heavy atom. The second-order valence-corrected chi connectivity index (χ2v) is 11.6. The third kappa shape index (κ3) is 4.98. The van der Waals surface area contributed by atoms with Gasteiger partial charge in [0.2, 0.25) is 0 Å². The fraction of sp³-hybridized carbons (Fsp3) is 0.0714. The van der Waals surface area contributed by atoms with Crippen LogP contribution in [0, 0.1) is 18.6 Å². The molecule has 0 fully saturated rings. The number of nitrogens with one attached hydrogen (secondary N) is 1. The van der Waals surface area contributed by atoms with Gasteiger partial charge in [-0.3, -0.25) is 0 Å². The summed E-state index contributed by atoms with van der Waals surface area (Å²) in [4.78, 5) is 0.0637. The maximum Gasteiger partial charge on any atom is 0.269 e. The first kappa shape index (κ1) is 25.0. The first-order chi connectivity index (χ1) is 17.7. The van der Waals surface area contributed by atoms with Gasteiger partial charge in [-0.05, 0) is 66.6 Å². The number of rotatable bonds is 7. The Hall–Kier alpha value is -3.66. The molecule has 0 bridgehead atoms. The Morgan fingerprint density at radius 2 is 1.54 bits per heavy atom. The molecular weight excluding hydrogens is 514 g/mol. The molecule has 0 saturated heterocycles. The van der Waals surface area contributed by atoms with E-state index in [0.717, 1.165) is 9.54 Å². The highest BCUT2D eigenvalue weighted by molar-refractivity contribution is 7.91. The molecule has 1 heterocycles. The van der Waals surface area contributed by atoms with Crippen LogP contribution in [0.4, 0.5) is 8.78 Å². The number of fused-ring (bicyclic) bond motifs is 1. The average Bonchev–Trinajstić information content (AvgIpc) is 3.28. The molecule has 0 aliphatic rings. The predicted molar refractivity (Wildman–Crippen MR) is 141 cm³/mol. The highest BCUT2D eigenvalue weighted by Crippen LogP contribution is 2.29. The van der Waals surface area contributed by atoms with E-state index in [0.29, 0.717) is 22.0 Å². The summed E-state index contributed by atoms with van der Waals surface area (Å²) >= 11 is 0. The summed E-state index contributed by atoms with van der Waals surface area (Å²) in [5.41, 5.74) is 2.81. The monoisotopic (exact) mass is 536 g/mol. The third-order valence-electron chi connectivity index (χ3n) is 5.98. The predicted octanol–water partition coefficient (Wildman–Crippen LogP) is 5.94. The summed E-state index contributed by atoms with van der Waals surface area (Å²) in [6.45, 7) is 1.78. The number of benzene rings is 4. The van der Waals surface area contributed by atoms with E-state index in [1.807, 2.05) is 13.0 Å². The average molecular weight is 537 g/mol. The standard InChI is InChI=1S/C28H22F2N2O3S2/c1-19-7-14-27-23(15-19)17-28(32(27)37(34,35)25-5-3-2-4-6-25)36(33)31-18-22-9-8-21(16-26(22)30)20-10-12-24(29)13-11-20/h2-17,31H,18H2,1H3. The summed E-state index contributed by atoms with van der Waals surface area (Å²) in [5, 5.41) is 0.660. The van der Waals surface area contributed by atoms with E-state index >= 15 is 0 Å². The van der Waals surface area contributed by atoms with Gasteiger partial charge >= 0.3 is 0 Å². The second-order valence-electron chi connectivity index (χ2n) is 8.53. The molecule has 5 rings (SSSR count). The molecule has 0 aliphatic heterocycles. The summed E-state index contributed by atoms with van der Waals surface area (Å²) in [6.07, 6.45) is 0. The number of aromatic nitrogens is 1. The van der Waals surface area contributed by atoms with Crippen LogP contribution in [0.2, 0.25) is 0 Å². The quantitative estimate of drug-likeness (QED) is 0.280. The van der Waals surface area contributed by atoms with Crippen molar-refractivity contribution in [3.8, 4) is 11.1 Å². The van der Waals surface area contributed by atoms with Gasteiger partial charge in [0.25, 0.3) is 10.0 Å². The van der Waals surface area contributed by atoms with Gasteiger partial charge in [0.15, 0.2) is 0 Å². The van der Waals surface area contributed by atoms with Gasteiger partial charge in [-0.15, -0.1) is 0 Å². The molecule has 4 aromatic carbocycles. The minimum absolute atomic E-state index is 0.0350. The smallest absolute Gasteiger partial charge is 0.236 e. The molecule has 0 amide bonds. The zero-order valence-electron chi connectivity index (χ0n) is 19.7. The summed E-state index contributed by atoms with van der Waals surface area (Å²) < 4.78 is 72.4. The second kappa shape index (κ2) is 10.0. The van der Waals surface area contributed by atoms with Gasteiger partial charge in [0.1, 0.15) is 27.6 Å². The highest BCUT2D eigenvalue weighted by Gasteiger charge is 2.26. The van der Waals surface area contributed by atoms with E-state index < -0.39 is 26.8 Å². The van der Waals surface area contributed by atoms with Crippen LogP contribution < -0.4 is 4.72 Å². The Bertz CT molecular complexity index is 1730. The molecular formula is C28H22F2N2O3S2. The van der Waals surface area contributed by atoms with E-state index in [-0.39, 0.29) is 27.8 Å². The number of nitrogens with zero attached hydrogens (tertiary/aromatic N) is 1. The summed E-state index contributed by atoms with van der Waals surface area (Å²) in [7, 11) is -6.04. The van der Waals surface area contributed by atoms with Crippen molar-refractivity contribution in [2.24, 2.45) is 0 Å². The molecule has 0 radical (unpaired) electrons. The van der Waals surface area contributed by atoms with Gasteiger partial charge in [0, 0.05) is 17.5 Å². The van der Waals surface area contributed by atoms with Crippen LogP contribution >= 0.6 is 0 Å². The van der Waals surface area contributed by atoms with Crippen LogP contribution in [0.5, 0.6) is 0 Å². The number of halogens is 2. The van der Waals surface area contributed by atoms with Gasteiger partial charge in [-0.25, -0.2) is 30.1 Å². The Kier molecular flexibility index (Phi) is 6.76. The maximum atomic E-state index is 14.9. The van der Waals surface area contributed by atoms with Gasteiger partial charge < -0.3 is 0 Å². The maximum absolute atomic E-state index is 14.9. The molecule has 0 aliphatic carbocycles. The molecule has 9 heteroatoms. The molecule has 5 aromatic rings. The van der Waals surface area contributed by atoms with E-state index in [9.17, 15) is 21.4 Å². The fourth-order valence-electron chi connectivity index (χ4n) is 4.09. The first-order valence-corrected chi connectivity index (χ1v) is 14.0. The minimum atomic E-state index is -4.06. The Balaban J connectivity index is 1.46. The van der Waals surface area contributed by atoms with E-state index in [1.165, 1.54) is 30.3 Å². The van der Waals surface area contributed by atoms with E-state index in [1.54, 1.807) is 60.7 Å². The Labute approximate surface area is 216 Å². The SMILES string of the molecule is Cc1ccc2c(c1)cc(S(=O)NCc1ccc(-c3ccc(F)cc3)cc1F)n2S(=O)(=O)c1ccccc1. The lowest BCUT2D eigenvalue weighted by atomic mass is 10.0. The van der Waals surface area contributed by atoms with Crippen molar-refractivity contribution in [3.05, 3.63) is 120 Å². The zero-order valence-corrected chi connectivity index (χ0v) is 21.3. The van der Waals surface area contributed by atoms with Crippen molar-refractivity contribution in [2.75, 3.05) is 0 Å². The number of hydrogen-bond donors (Lipinski definition) is 1. The van der Waals surface area contributed by atoms with Crippen molar-refractivity contribution in [1.82, 2.24) is 8.69 Å². The minimum Gasteiger partial charge on any atom is -0.236 e. The van der Waals surface area contributed by atoms with Crippen molar-refractivity contribution in [2.45, 2.75) is 23.4 Å². The molecule has 1 atom stereocenters. The van der Waals surface area contributed by atoms with Crippen LogP contribution in [0.3, 0.4) is 0 Å². The van der Waals surface area contributed by atoms with Crippen LogP contribution in [-0.2, 0) is 27.6 Å². The molecule has 0 saturated carbocycles. The van der Waals surface area contributed by atoms with Crippen LogP contribution in [-0.4, -0.2) is 16.6 Å². The largest absolute Gasteiger partial charge is 0.269 e. The fourth-order valence-corrected chi connectivity index (χ4v) is 6.93. The van der Waals surface area contributed by atoms with Crippen LogP contribution in [0.25, 0.3) is 22.0 Å². The third-order valence-corrected chi connectivity index (χ3v) is 8.92. The van der Waals surface area contributed by atoms with Crippen molar-refractivity contribution < 1.29 is 21.4 Å². The number of aryl methyl sites for hydroxylation is 1. The summed E-state index contributed by atoms with van der Waals surface area (Å²) in [5.74, 6) is -0.909. The van der Waals surface area contributed by atoms with Gasteiger partial charge in [0.05, 0.1) is 10.4 Å². The highest BCUT2D eigenvalue weighted by atomic mass is 32.2. The van der Waals surface area contributed by atoms with E-state index in [4.69, 9.17) is 0 Å². The Morgan fingerprint density at radius 3 is 2.24 bits per heavy atom. The molecule has 0 spiro atoms. The number of hydrogen-bond acceptors (Lipinski definition) is 3. The molecule has 1 N–H and O–H groups in total. The lowest BCUT2D eigenvalue weighted by molar-refractivity contribution is 0.583. The lowest BCUT2D eigenvalue weighted by Gasteiger charge is -2.13. The van der Waals surface area contributed by atoms with E-state index in [2.05, 4.69) is 4.72 Å². The normalized spacial score (nSPS) is 12.6. The molecule has 1 unspecified atom stereocenters. The van der Waals surface area contributed by atoms with Crippen molar-refractivity contribution >= 4 is 31.9 Å². The molecule has 1 aromatic heterocycles.